The molecule has 0 unspecified atom stereocenters. The molecule has 4 rings (SSSR count). The Morgan fingerprint density at radius 2 is 1.93 bits per heavy atom. The van der Waals surface area contributed by atoms with Crippen molar-refractivity contribution in [2.24, 2.45) is 4.99 Å². The number of rotatable bonds is 2. The number of amides is 1. The molecule has 10 heteroatoms. The molecule has 152 valence electrons. The van der Waals surface area contributed by atoms with E-state index >= 15 is 0 Å². The summed E-state index contributed by atoms with van der Waals surface area (Å²) >= 11 is 7.28. The summed E-state index contributed by atoms with van der Waals surface area (Å²) in [6.45, 7) is 2.47. The number of ether oxygens (including phenoxy) is 1. The first-order valence-corrected chi connectivity index (χ1v) is 9.83. The minimum atomic E-state index is -4.49. The van der Waals surface area contributed by atoms with Gasteiger partial charge in [0.2, 0.25) is 0 Å². The molecule has 0 atom stereocenters. The molecular formula is C19H14ClF3N2O3S. The van der Waals surface area contributed by atoms with Crippen LogP contribution in [0.2, 0.25) is 5.02 Å². The number of halogens is 4. The van der Waals surface area contributed by atoms with Gasteiger partial charge in [0.15, 0.2) is 5.17 Å². The predicted octanol–water partition coefficient (Wildman–Crippen LogP) is 4.92. The number of amidine groups is 1. The lowest BCUT2D eigenvalue weighted by molar-refractivity contribution is -0.137. The van der Waals surface area contributed by atoms with Crippen LogP contribution in [0.25, 0.3) is 17.4 Å². The van der Waals surface area contributed by atoms with Crippen molar-refractivity contribution >= 4 is 40.5 Å². The van der Waals surface area contributed by atoms with Crippen LogP contribution in [-0.2, 0) is 15.7 Å². The van der Waals surface area contributed by atoms with Crippen LogP contribution < -0.4 is 0 Å². The van der Waals surface area contributed by atoms with E-state index in [2.05, 4.69) is 4.99 Å². The Hall–Kier alpha value is -2.23. The first-order valence-electron chi connectivity index (χ1n) is 8.63. The third-order valence-corrected chi connectivity index (χ3v) is 5.72. The van der Waals surface area contributed by atoms with Crippen LogP contribution >= 0.6 is 23.4 Å². The number of morpholine rings is 1. The number of carbonyl (C=O) groups is 1. The number of nitrogens with zero attached hydrogens (tertiary/aromatic N) is 2. The smallest absolute Gasteiger partial charge is 0.416 e. The molecular weight excluding hydrogens is 429 g/mol. The highest BCUT2D eigenvalue weighted by Crippen LogP contribution is 2.37. The molecule has 0 bridgehead atoms. The molecule has 1 fully saturated rings. The largest absolute Gasteiger partial charge is 0.457 e. The SMILES string of the molecule is O=C1N=C(N2CCOCC2)S/C1=C/c1ccc(-c2cc(C(F)(F)F)ccc2Cl)o1. The molecule has 3 heterocycles. The Balaban J connectivity index is 1.55. The monoisotopic (exact) mass is 442 g/mol. The van der Waals surface area contributed by atoms with Gasteiger partial charge in [0.1, 0.15) is 11.5 Å². The molecule has 5 nitrogen and oxygen atoms in total. The molecule has 2 aliphatic heterocycles. The van der Waals surface area contributed by atoms with E-state index < -0.39 is 11.7 Å². The highest BCUT2D eigenvalue weighted by Gasteiger charge is 2.31. The van der Waals surface area contributed by atoms with E-state index in [9.17, 15) is 18.0 Å². The number of furan rings is 1. The Morgan fingerprint density at radius 3 is 2.66 bits per heavy atom. The van der Waals surface area contributed by atoms with Crippen molar-refractivity contribution in [3.8, 4) is 11.3 Å². The van der Waals surface area contributed by atoms with Crippen LogP contribution in [0, 0.1) is 0 Å². The van der Waals surface area contributed by atoms with Crippen molar-refractivity contribution in [3.63, 3.8) is 0 Å². The number of alkyl halides is 3. The molecule has 0 saturated carbocycles. The summed E-state index contributed by atoms with van der Waals surface area (Å²) in [6.07, 6.45) is -2.97. The number of hydrogen-bond acceptors (Lipinski definition) is 5. The molecule has 2 aliphatic rings. The van der Waals surface area contributed by atoms with E-state index in [1.165, 1.54) is 30.0 Å². The normalized spacial score (nSPS) is 19.2. The summed E-state index contributed by atoms with van der Waals surface area (Å²) in [5.74, 6) is 0.118. The van der Waals surface area contributed by atoms with Gasteiger partial charge in [0.05, 0.1) is 28.7 Å². The maximum atomic E-state index is 13.0. The Bertz CT molecular complexity index is 1010. The van der Waals surface area contributed by atoms with Crippen molar-refractivity contribution < 1.29 is 27.1 Å². The van der Waals surface area contributed by atoms with Gasteiger partial charge in [-0.15, -0.1) is 0 Å². The van der Waals surface area contributed by atoms with Crippen LogP contribution in [0.4, 0.5) is 13.2 Å². The van der Waals surface area contributed by atoms with Crippen LogP contribution in [0.15, 0.2) is 44.6 Å². The van der Waals surface area contributed by atoms with Crippen molar-refractivity contribution in [3.05, 3.63) is 51.6 Å². The van der Waals surface area contributed by atoms with Gasteiger partial charge >= 0.3 is 6.18 Å². The van der Waals surface area contributed by atoms with E-state index in [0.29, 0.717) is 42.1 Å². The molecule has 1 aromatic heterocycles. The van der Waals surface area contributed by atoms with Gasteiger partial charge in [-0.3, -0.25) is 4.79 Å². The minimum Gasteiger partial charge on any atom is -0.457 e. The Labute approximate surface area is 173 Å². The van der Waals surface area contributed by atoms with Crippen LogP contribution in [0.1, 0.15) is 11.3 Å². The number of hydrogen-bond donors (Lipinski definition) is 0. The highest BCUT2D eigenvalue weighted by molar-refractivity contribution is 8.18. The Morgan fingerprint density at radius 1 is 1.17 bits per heavy atom. The van der Waals surface area contributed by atoms with Crippen molar-refractivity contribution in [1.29, 1.82) is 0 Å². The van der Waals surface area contributed by atoms with Crippen molar-refractivity contribution in [1.82, 2.24) is 4.90 Å². The summed E-state index contributed by atoms with van der Waals surface area (Å²) in [5, 5.41) is 0.744. The first kappa shape index (κ1) is 20.1. The molecule has 1 aromatic carbocycles. The average Bonchev–Trinajstić information content (AvgIpc) is 3.29. The second kappa shape index (κ2) is 7.89. The van der Waals surface area contributed by atoms with Gasteiger partial charge < -0.3 is 14.1 Å². The zero-order valence-corrected chi connectivity index (χ0v) is 16.4. The fraction of sp³-hybridized carbons (Fsp3) is 0.263. The zero-order valence-electron chi connectivity index (χ0n) is 14.8. The molecule has 1 amide bonds. The standard InChI is InChI=1S/C19H14ClF3N2O3S/c20-14-3-1-11(19(21,22)23)9-13(14)15-4-2-12(28-15)10-16-17(26)24-18(29-16)25-5-7-27-8-6-25/h1-4,9-10H,5-8H2/b16-10+. The van der Waals surface area contributed by atoms with Crippen molar-refractivity contribution in [2.75, 3.05) is 26.3 Å². The van der Waals surface area contributed by atoms with E-state index in [4.69, 9.17) is 20.8 Å². The predicted molar refractivity (Wildman–Crippen MR) is 105 cm³/mol. The van der Waals surface area contributed by atoms with E-state index in [1.54, 1.807) is 6.07 Å². The fourth-order valence-electron chi connectivity index (χ4n) is 2.88. The number of carbonyl (C=O) groups excluding carboxylic acids is 1. The van der Waals surface area contributed by atoms with Crippen LogP contribution in [-0.4, -0.2) is 42.3 Å². The number of aliphatic imine (C=N–C) groups is 1. The van der Waals surface area contributed by atoms with E-state index in [0.717, 1.165) is 12.1 Å². The maximum absolute atomic E-state index is 13.0. The minimum absolute atomic E-state index is 0.127. The summed E-state index contributed by atoms with van der Waals surface area (Å²) in [4.78, 5) is 18.6. The quantitative estimate of drug-likeness (QED) is 0.618. The second-order valence-corrected chi connectivity index (χ2v) is 7.72. The highest BCUT2D eigenvalue weighted by atomic mass is 35.5. The Kier molecular flexibility index (Phi) is 5.46. The summed E-state index contributed by atoms with van der Waals surface area (Å²) in [6, 6.07) is 6.11. The van der Waals surface area contributed by atoms with Gasteiger partial charge in [-0.25, -0.2) is 0 Å². The fourth-order valence-corrected chi connectivity index (χ4v) is 4.04. The summed E-state index contributed by atoms with van der Waals surface area (Å²) in [7, 11) is 0. The molecule has 2 aromatic rings. The molecule has 0 spiro atoms. The average molecular weight is 443 g/mol. The van der Waals surface area contributed by atoms with Crippen molar-refractivity contribution in [2.45, 2.75) is 6.18 Å². The third kappa shape index (κ3) is 4.36. The van der Waals surface area contributed by atoms with Gasteiger partial charge in [-0.1, -0.05) is 11.6 Å². The number of benzene rings is 1. The van der Waals surface area contributed by atoms with E-state index in [1.807, 2.05) is 4.90 Å². The lowest BCUT2D eigenvalue weighted by Gasteiger charge is -2.27. The molecule has 0 N–H and O–H groups in total. The second-order valence-electron chi connectivity index (χ2n) is 6.30. The summed E-state index contributed by atoms with van der Waals surface area (Å²) in [5.41, 5.74) is -0.694. The lowest BCUT2D eigenvalue weighted by atomic mass is 10.1. The van der Waals surface area contributed by atoms with Crippen LogP contribution in [0.5, 0.6) is 0 Å². The molecule has 0 radical (unpaired) electrons. The van der Waals surface area contributed by atoms with Crippen LogP contribution in [0.3, 0.4) is 0 Å². The van der Waals surface area contributed by atoms with Gasteiger partial charge in [-0.05, 0) is 42.1 Å². The topological polar surface area (TPSA) is 55.0 Å². The maximum Gasteiger partial charge on any atom is 0.416 e. The first-order chi connectivity index (χ1) is 13.8. The molecule has 1 saturated heterocycles. The van der Waals surface area contributed by atoms with Gasteiger partial charge in [0, 0.05) is 24.7 Å². The van der Waals surface area contributed by atoms with Gasteiger partial charge in [0.25, 0.3) is 5.91 Å². The summed E-state index contributed by atoms with van der Waals surface area (Å²) < 4.78 is 49.9. The molecule has 0 aliphatic carbocycles. The number of thioether (sulfide) groups is 1. The lowest BCUT2D eigenvalue weighted by Crippen LogP contribution is -2.38. The zero-order chi connectivity index (χ0) is 20.6. The third-order valence-electron chi connectivity index (χ3n) is 4.35. The van der Waals surface area contributed by atoms with Gasteiger partial charge in [-0.2, -0.15) is 18.2 Å². The van der Waals surface area contributed by atoms with E-state index in [-0.39, 0.29) is 22.3 Å². The molecule has 29 heavy (non-hydrogen) atoms.